The Labute approximate surface area is 235 Å². The summed E-state index contributed by atoms with van der Waals surface area (Å²) >= 11 is 6.58. The van der Waals surface area contributed by atoms with Crippen LogP contribution in [0.1, 0.15) is 86.8 Å². The fraction of sp³-hybridized carbons (Fsp3) is 0.484. The maximum Gasteiger partial charge on any atom is 0.275 e. The van der Waals surface area contributed by atoms with E-state index in [1.54, 1.807) is 12.1 Å². The Morgan fingerprint density at radius 3 is 2.33 bits per heavy atom. The molecule has 8 heteroatoms. The second-order valence-electron chi connectivity index (χ2n) is 12.4. The zero-order valence-corrected chi connectivity index (χ0v) is 23.7. The van der Waals surface area contributed by atoms with Crippen molar-refractivity contribution in [2.45, 2.75) is 71.0 Å². The predicted molar refractivity (Wildman–Crippen MR) is 155 cm³/mol. The van der Waals surface area contributed by atoms with Crippen LogP contribution in [0.3, 0.4) is 0 Å². The largest absolute Gasteiger partial charge is 0.386 e. The third-order valence-electron chi connectivity index (χ3n) is 8.63. The first-order chi connectivity index (χ1) is 18.5. The average molecular weight is 548 g/mol. The van der Waals surface area contributed by atoms with Gasteiger partial charge in [-0.2, -0.15) is 0 Å². The standard InChI is InChI=1S/C31H38ClN5O2/c1-30(2,3)22-14-16-31(17-15-22)36-26(23-6-4-5-7-24(23)32)29(39)37(31)27(19-8-9-19)20-10-12-21(13-11-20)28(38)35-18-25(33)34/h4-7,10-13,19,22,27H,8-9,14-18H2,1-3H3,(H3,33,34)(H,35,38)/t22?,27-,31?/m1/s1. The lowest BCUT2D eigenvalue weighted by molar-refractivity contribution is -0.134. The fourth-order valence-electron chi connectivity index (χ4n) is 6.28. The Morgan fingerprint density at radius 1 is 1.13 bits per heavy atom. The van der Waals surface area contributed by atoms with Crippen LogP contribution in [0.4, 0.5) is 0 Å². The van der Waals surface area contributed by atoms with Gasteiger partial charge in [-0.05, 0) is 79.5 Å². The number of amidine groups is 1. The molecule has 1 spiro atoms. The van der Waals surface area contributed by atoms with Crippen LogP contribution in [-0.4, -0.2) is 40.5 Å². The zero-order chi connectivity index (χ0) is 27.9. The summed E-state index contributed by atoms with van der Waals surface area (Å²) in [5.74, 6) is 0.494. The van der Waals surface area contributed by atoms with Crippen molar-refractivity contribution in [3.63, 3.8) is 0 Å². The van der Waals surface area contributed by atoms with E-state index in [0.29, 0.717) is 33.7 Å². The molecule has 2 fully saturated rings. The highest BCUT2D eigenvalue weighted by Crippen LogP contribution is 2.54. The summed E-state index contributed by atoms with van der Waals surface area (Å²) in [4.78, 5) is 34.2. The normalized spacial score (nSPS) is 24.0. The maximum atomic E-state index is 14.3. The first-order valence-electron chi connectivity index (χ1n) is 13.9. The summed E-state index contributed by atoms with van der Waals surface area (Å²) < 4.78 is 0. The lowest BCUT2D eigenvalue weighted by Gasteiger charge is -2.47. The number of nitrogens with zero attached hydrogens (tertiary/aromatic N) is 2. The van der Waals surface area contributed by atoms with Gasteiger partial charge in [-0.3, -0.25) is 20.0 Å². The van der Waals surface area contributed by atoms with Gasteiger partial charge in [0.2, 0.25) is 0 Å². The minimum absolute atomic E-state index is 0.00774. The first kappa shape index (κ1) is 27.4. The molecule has 1 aliphatic heterocycles. The van der Waals surface area contributed by atoms with Crippen molar-refractivity contribution in [2.24, 2.45) is 28.0 Å². The topological polar surface area (TPSA) is 112 Å². The first-order valence-corrected chi connectivity index (χ1v) is 14.3. The van der Waals surface area contributed by atoms with Crippen LogP contribution in [0.25, 0.3) is 0 Å². The van der Waals surface area contributed by atoms with E-state index in [4.69, 9.17) is 27.7 Å². The Balaban J connectivity index is 1.51. The van der Waals surface area contributed by atoms with Crippen LogP contribution >= 0.6 is 11.6 Å². The Morgan fingerprint density at radius 2 is 1.77 bits per heavy atom. The molecular weight excluding hydrogens is 510 g/mol. The molecule has 206 valence electrons. The highest BCUT2D eigenvalue weighted by molar-refractivity contribution is 6.50. The molecule has 39 heavy (non-hydrogen) atoms. The number of benzene rings is 2. The molecule has 2 aliphatic carbocycles. The molecule has 3 aliphatic rings. The van der Waals surface area contributed by atoms with E-state index in [1.165, 1.54) is 0 Å². The summed E-state index contributed by atoms with van der Waals surface area (Å²) in [6, 6.07) is 14.8. The number of aliphatic imine (C=N–C) groups is 1. The lowest BCUT2D eigenvalue weighted by atomic mass is 9.69. The van der Waals surface area contributed by atoms with Crippen LogP contribution in [-0.2, 0) is 4.79 Å². The molecule has 5 rings (SSSR count). The molecule has 0 radical (unpaired) electrons. The molecule has 0 bridgehead atoms. The number of amides is 2. The quantitative estimate of drug-likeness (QED) is 0.304. The smallest absolute Gasteiger partial charge is 0.275 e. The molecule has 2 amide bonds. The van der Waals surface area contributed by atoms with Gasteiger partial charge in [0, 0.05) is 11.1 Å². The summed E-state index contributed by atoms with van der Waals surface area (Å²) in [5, 5.41) is 10.5. The Bertz CT molecular complexity index is 1300. The number of rotatable bonds is 7. The highest BCUT2D eigenvalue weighted by Gasteiger charge is 2.55. The van der Waals surface area contributed by atoms with Gasteiger partial charge in [0.15, 0.2) is 0 Å². The number of carbonyl (C=O) groups excluding carboxylic acids is 2. The number of carbonyl (C=O) groups is 2. The molecule has 1 atom stereocenters. The van der Waals surface area contributed by atoms with Crippen LogP contribution in [0, 0.1) is 22.7 Å². The molecule has 1 heterocycles. The number of nitrogens with one attached hydrogen (secondary N) is 2. The second kappa shape index (κ2) is 10.4. The monoisotopic (exact) mass is 547 g/mol. The van der Waals surface area contributed by atoms with Gasteiger partial charge in [0.1, 0.15) is 17.2 Å². The van der Waals surface area contributed by atoms with E-state index in [0.717, 1.165) is 44.1 Å². The van der Waals surface area contributed by atoms with Crippen molar-refractivity contribution in [3.05, 3.63) is 70.2 Å². The maximum absolute atomic E-state index is 14.3. The van der Waals surface area contributed by atoms with Crippen LogP contribution in [0.5, 0.6) is 0 Å². The van der Waals surface area contributed by atoms with Crippen molar-refractivity contribution in [1.29, 1.82) is 5.41 Å². The molecule has 2 saturated carbocycles. The predicted octanol–water partition coefficient (Wildman–Crippen LogP) is 5.72. The van der Waals surface area contributed by atoms with Gasteiger partial charge in [0.25, 0.3) is 11.8 Å². The van der Waals surface area contributed by atoms with E-state index in [1.807, 2.05) is 36.4 Å². The van der Waals surface area contributed by atoms with Gasteiger partial charge in [-0.1, -0.05) is 62.7 Å². The van der Waals surface area contributed by atoms with E-state index < -0.39 is 5.66 Å². The van der Waals surface area contributed by atoms with Gasteiger partial charge >= 0.3 is 0 Å². The van der Waals surface area contributed by atoms with Gasteiger partial charge in [-0.25, -0.2) is 0 Å². The molecule has 7 nitrogen and oxygen atoms in total. The lowest BCUT2D eigenvalue weighted by Crippen LogP contribution is -2.52. The minimum Gasteiger partial charge on any atom is -0.386 e. The van der Waals surface area contributed by atoms with Crippen molar-refractivity contribution in [3.8, 4) is 0 Å². The molecule has 2 aromatic rings. The fourth-order valence-corrected chi connectivity index (χ4v) is 6.50. The third-order valence-corrected chi connectivity index (χ3v) is 8.96. The summed E-state index contributed by atoms with van der Waals surface area (Å²) in [7, 11) is 0. The number of hydrogen-bond acceptors (Lipinski definition) is 4. The third kappa shape index (κ3) is 5.46. The average Bonchev–Trinajstić information content (AvgIpc) is 3.70. The Hall–Kier alpha value is -3.19. The second-order valence-corrected chi connectivity index (χ2v) is 12.8. The van der Waals surface area contributed by atoms with Crippen molar-refractivity contribution in [2.75, 3.05) is 6.54 Å². The van der Waals surface area contributed by atoms with E-state index in [9.17, 15) is 9.59 Å². The van der Waals surface area contributed by atoms with E-state index >= 15 is 0 Å². The van der Waals surface area contributed by atoms with E-state index in [2.05, 4.69) is 31.0 Å². The van der Waals surface area contributed by atoms with Crippen LogP contribution in [0.15, 0.2) is 53.5 Å². The van der Waals surface area contributed by atoms with E-state index in [-0.39, 0.29) is 35.7 Å². The zero-order valence-electron chi connectivity index (χ0n) is 23.0. The SMILES string of the molecule is CC(C)(C)C1CCC2(CC1)N=C(c1ccccc1Cl)C(=O)N2[C@@H](c1ccc(C(=O)NCC(=N)N)cc1)C1CC1. The summed E-state index contributed by atoms with van der Waals surface area (Å²) in [5.41, 5.74) is 7.65. The molecule has 0 saturated heterocycles. The Kier molecular flexibility index (Phi) is 7.31. The molecule has 4 N–H and O–H groups in total. The molecule has 2 aromatic carbocycles. The number of hydrogen-bond donors (Lipinski definition) is 3. The van der Waals surface area contributed by atoms with Crippen molar-refractivity contribution >= 4 is 35.0 Å². The van der Waals surface area contributed by atoms with Crippen LogP contribution in [0.2, 0.25) is 5.02 Å². The van der Waals surface area contributed by atoms with Crippen molar-refractivity contribution < 1.29 is 9.59 Å². The highest BCUT2D eigenvalue weighted by atomic mass is 35.5. The number of nitrogens with two attached hydrogens (primary N) is 1. The number of halogens is 1. The minimum atomic E-state index is -0.599. The summed E-state index contributed by atoms with van der Waals surface area (Å²) in [6.45, 7) is 6.90. The molecule has 0 aromatic heterocycles. The molecule has 0 unspecified atom stereocenters. The van der Waals surface area contributed by atoms with Gasteiger partial charge < -0.3 is 16.0 Å². The molecular formula is C31H38ClN5O2. The van der Waals surface area contributed by atoms with Gasteiger partial charge in [0.05, 0.1) is 17.6 Å². The van der Waals surface area contributed by atoms with Gasteiger partial charge in [-0.15, -0.1) is 0 Å². The van der Waals surface area contributed by atoms with Crippen LogP contribution < -0.4 is 11.1 Å². The van der Waals surface area contributed by atoms with Crippen molar-refractivity contribution in [1.82, 2.24) is 10.2 Å². The summed E-state index contributed by atoms with van der Waals surface area (Å²) in [6.07, 6.45) is 5.78.